The number of carbonyl (C=O) groups excluding carboxylic acids is 3. The van der Waals surface area contributed by atoms with Crippen molar-refractivity contribution in [1.29, 1.82) is 0 Å². The van der Waals surface area contributed by atoms with Crippen molar-refractivity contribution < 1.29 is 19.1 Å². The second-order valence-electron chi connectivity index (χ2n) is 14.0. The topological polar surface area (TPSA) is 87.7 Å². The van der Waals surface area contributed by atoms with Crippen LogP contribution in [0.2, 0.25) is 0 Å². The van der Waals surface area contributed by atoms with E-state index >= 15 is 0 Å². The molecule has 0 radical (unpaired) electrons. The third-order valence-electron chi connectivity index (χ3n) is 10.5. The minimum Gasteiger partial charge on any atom is -0.381 e. The minimum absolute atomic E-state index is 0.0205. The van der Waals surface area contributed by atoms with Gasteiger partial charge in [-0.05, 0) is 105 Å². The molecule has 3 aromatic rings. The van der Waals surface area contributed by atoms with Crippen LogP contribution in [0.1, 0.15) is 78.6 Å². The summed E-state index contributed by atoms with van der Waals surface area (Å²) < 4.78 is 6.60. The minimum atomic E-state index is -0.921. The number of benzene rings is 2. The van der Waals surface area contributed by atoms with E-state index in [-0.39, 0.29) is 24.0 Å². The SMILES string of the molecule is Cc1ccc2cc(C(=O)NC3(C(=O)CC(Cc4ccccc4)C(=O)NCC4CCN(CC5CCOCC5)CC4)CCCC3)sc2c1. The molecule has 3 heterocycles. The Labute approximate surface area is 277 Å². The van der Waals surface area contributed by atoms with Crippen molar-refractivity contribution in [1.82, 2.24) is 15.5 Å². The summed E-state index contributed by atoms with van der Waals surface area (Å²) in [7, 11) is 0. The van der Waals surface area contributed by atoms with Gasteiger partial charge in [-0.15, -0.1) is 11.3 Å². The molecular weight excluding hydrogens is 595 g/mol. The van der Waals surface area contributed by atoms with Crippen LogP contribution in [0.4, 0.5) is 0 Å². The van der Waals surface area contributed by atoms with Gasteiger partial charge >= 0.3 is 0 Å². The normalized spacial score (nSPS) is 20.0. The van der Waals surface area contributed by atoms with Crippen molar-refractivity contribution >= 4 is 39.0 Å². The van der Waals surface area contributed by atoms with E-state index in [9.17, 15) is 14.4 Å². The van der Waals surface area contributed by atoms with Gasteiger partial charge in [0, 0.05) is 43.3 Å². The molecule has 8 heteroatoms. The number of rotatable bonds is 12. The zero-order valence-electron chi connectivity index (χ0n) is 27.2. The number of Topliss-reactive ketones (excluding diaryl/α,β-unsaturated/α-hetero) is 1. The highest BCUT2D eigenvalue weighted by Crippen LogP contribution is 2.35. The standard InChI is InChI=1S/C38H49N3O4S/c1-27-9-10-31-23-34(46-33(31)21-27)37(44)40-38(15-5-6-16-38)35(42)24-32(22-28-7-3-2-4-8-28)36(43)39-25-29-11-17-41(18-12-29)26-30-13-19-45-20-14-30/h2-4,7-10,21,23,29-30,32H,5-6,11-20,22,24-26H2,1H3,(H,39,43)(H,40,44). The molecule has 0 bridgehead atoms. The van der Waals surface area contributed by atoms with Crippen LogP contribution in [0.25, 0.3) is 10.1 Å². The summed E-state index contributed by atoms with van der Waals surface area (Å²) in [5.41, 5.74) is 1.28. The number of nitrogens with one attached hydrogen (secondary N) is 2. The lowest BCUT2D eigenvalue weighted by molar-refractivity contribution is -0.132. The van der Waals surface area contributed by atoms with Crippen molar-refractivity contribution in [2.45, 2.75) is 76.7 Å². The van der Waals surface area contributed by atoms with Gasteiger partial charge in [-0.2, -0.15) is 0 Å². The average Bonchev–Trinajstić information content (AvgIpc) is 3.73. The Hall–Kier alpha value is -3.07. The predicted molar refractivity (Wildman–Crippen MR) is 184 cm³/mol. The number of nitrogens with zero attached hydrogens (tertiary/aromatic N) is 1. The van der Waals surface area contributed by atoms with Crippen LogP contribution in [-0.2, 0) is 20.7 Å². The monoisotopic (exact) mass is 643 g/mol. The molecule has 1 atom stereocenters. The van der Waals surface area contributed by atoms with Crippen LogP contribution in [-0.4, -0.2) is 67.4 Å². The van der Waals surface area contributed by atoms with Gasteiger partial charge in [-0.1, -0.05) is 55.3 Å². The molecular formula is C38H49N3O4S. The van der Waals surface area contributed by atoms with Gasteiger partial charge in [0.15, 0.2) is 5.78 Å². The van der Waals surface area contributed by atoms with Crippen LogP contribution in [0.15, 0.2) is 54.6 Å². The van der Waals surface area contributed by atoms with Gasteiger partial charge in [0.25, 0.3) is 5.91 Å². The largest absolute Gasteiger partial charge is 0.381 e. The number of piperidine rings is 1. The second-order valence-corrected chi connectivity index (χ2v) is 15.0. The number of aryl methyl sites for hydroxylation is 1. The third-order valence-corrected chi connectivity index (χ3v) is 11.6. The maximum absolute atomic E-state index is 14.2. The number of hydrogen-bond donors (Lipinski definition) is 2. The molecule has 0 spiro atoms. The quantitative estimate of drug-likeness (QED) is 0.241. The van der Waals surface area contributed by atoms with Crippen LogP contribution >= 0.6 is 11.3 Å². The molecule has 7 nitrogen and oxygen atoms in total. The van der Waals surface area contributed by atoms with Gasteiger partial charge < -0.3 is 20.3 Å². The molecule has 1 aliphatic carbocycles. The van der Waals surface area contributed by atoms with Crippen molar-refractivity contribution in [2.24, 2.45) is 17.8 Å². The zero-order chi connectivity index (χ0) is 31.9. The summed E-state index contributed by atoms with van der Waals surface area (Å²) in [6, 6.07) is 18.1. The van der Waals surface area contributed by atoms with E-state index in [0.29, 0.717) is 36.6 Å². The Morgan fingerprint density at radius 2 is 1.70 bits per heavy atom. The van der Waals surface area contributed by atoms with E-state index in [4.69, 9.17) is 4.74 Å². The van der Waals surface area contributed by atoms with E-state index in [2.05, 4.69) is 21.6 Å². The molecule has 246 valence electrons. The number of likely N-dealkylation sites (tertiary alicyclic amines) is 1. The van der Waals surface area contributed by atoms with E-state index in [0.717, 1.165) is 98.5 Å². The molecule has 6 rings (SSSR count). The first-order valence-corrected chi connectivity index (χ1v) is 18.2. The zero-order valence-corrected chi connectivity index (χ0v) is 28.0. The Morgan fingerprint density at radius 1 is 0.957 bits per heavy atom. The number of amides is 2. The predicted octanol–water partition coefficient (Wildman–Crippen LogP) is 6.33. The van der Waals surface area contributed by atoms with Gasteiger partial charge in [0.05, 0.1) is 10.4 Å². The Balaban J connectivity index is 1.08. The van der Waals surface area contributed by atoms with Gasteiger partial charge in [-0.3, -0.25) is 14.4 Å². The summed E-state index contributed by atoms with van der Waals surface area (Å²) in [6.45, 7) is 7.78. The summed E-state index contributed by atoms with van der Waals surface area (Å²) in [6.07, 6.45) is 8.12. The molecule has 3 fully saturated rings. The Kier molecular flexibility index (Phi) is 10.9. The number of fused-ring (bicyclic) bond motifs is 1. The molecule has 2 amide bonds. The molecule has 2 N–H and O–H groups in total. The van der Waals surface area contributed by atoms with Crippen molar-refractivity contribution in [3.05, 3.63) is 70.6 Å². The lowest BCUT2D eigenvalue weighted by Gasteiger charge is -2.35. The highest BCUT2D eigenvalue weighted by molar-refractivity contribution is 7.20. The summed E-state index contributed by atoms with van der Waals surface area (Å²) in [4.78, 5) is 44.7. The molecule has 3 aliphatic rings. The van der Waals surface area contributed by atoms with Crippen molar-refractivity contribution in [3.8, 4) is 0 Å². The van der Waals surface area contributed by atoms with Crippen LogP contribution in [0.3, 0.4) is 0 Å². The number of hydrogen-bond acceptors (Lipinski definition) is 6. The first-order valence-electron chi connectivity index (χ1n) is 17.3. The maximum Gasteiger partial charge on any atom is 0.262 e. The fourth-order valence-corrected chi connectivity index (χ4v) is 8.67. The van der Waals surface area contributed by atoms with E-state index in [1.54, 1.807) is 0 Å². The Bertz CT molecular complexity index is 1480. The van der Waals surface area contributed by atoms with Crippen molar-refractivity contribution in [3.63, 3.8) is 0 Å². The number of ether oxygens (including phenoxy) is 1. The molecule has 2 aliphatic heterocycles. The average molecular weight is 644 g/mol. The summed E-state index contributed by atoms with van der Waals surface area (Å²) in [5.74, 6) is 0.442. The number of thiophene rings is 1. The molecule has 46 heavy (non-hydrogen) atoms. The molecule has 1 aromatic heterocycles. The first-order chi connectivity index (χ1) is 22.4. The highest BCUT2D eigenvalue weighted by Gasteiger charge is 2.43. The van der Waals surface area contributed by atoms with Gasteiger partial charge in [0.2, 0.25) is 5.91 Å². The fourth-order valence-electron chi connectivity index (χ4n) is 7.61. The molecule has 2 aromatic carbocycles. The lowest BCUT2D eigenvalue weighted by atomic mass is 9.83. The van der Waals surface area contributed by atoms with E-state index in [1.807, 2.05) is 55.5 Å². The summed E-state index contributed by atoms with van der Waals surface area (Å²) in [5, 5.41) is 7.48. The van der Waals surface area contributed by atoms with Crippen LogP contribution < -0.4 is 10.6 Å². The lowest BCUT2D eigenvalue weighted by Crippen LogP contribution is -2.53. The smallest absolute Gasteiger partial charge is 0.262 e. The van der Waals surface area contributed by atoms with Crippen LogP contribution in [0.5, 0.6) is 0 Å². The van der Waals surface area contributed by atoms with Crippen LogP contribution in [0, 0.1) is 24.7 Å². The van der Waals surface area contributed by atoms with E-state index < -0.39 is 11.5 Å². The highest BCUT2D eigenvalue weighted by atomic mass is 32.1. The van der Waals surface area contributed by atoms with Crippen molar-refractivity contribution in [2.75, 3.05) is 39.4 Å². The third kappa shape index (κ3) is 8.25. The maximum atomic E-state index is 14.2. The first kappa shape index (κ1) is 32.9. The number of ketones is 1. The molecule has 1 unspecified atom stereocenters. The Morgan fingerprint density at radius 3 is 2.43 bits per heavy atom. The van der Waals surface area contributed by atoms with Gasteiger partial charge in [-0.25, -0.2) is 0 Å². The molecule has 2 saturated heterocycles. The second kappa shape index (κ2) is 15.2. The fraction of sp³-hybridized carbons (Fsp3) is 0.553. The molecule has 1 saturated carbocycles. The van der Waals surface area contributed by atoms with Gasteiger partial charge in [0.1, 0.15) is 0 Å². The number of carbonyl (C=O) groups is 3. The van der Waals surface area contributed by atoms with E-state index in [1.165, 1.54) is 11.3 Å². The summed E-state index contributed by atoms with van der Waals surface area (Å²) >= 11 is 1.47.